The van der Waals surface area contributed by atoms with Crippen LogP contribution in [0.1, 0.15) is 30.5 Å². The molecule has 2 saturated heterocycles. The van der Waals surface area contributed by atoms with E-state index in [2.05, 4.69) is 10.3 Å². The van der Waals surface area contributed by atoms with Gasteiger partial charge in [0.15, 0.2) is 5.13 Å². The van der Waals surface area contributed by atoms with Crippen molar-refractivity contribution in [1.29, 1.82) is 0 Å². The molecular formula is C22H26N4O3S. The molecule has 8 heteroatoms. The lowest BCUT2D eigenvalue weighted by atomic mass is 9.94. The van der Waals surface area contributed by atoms with Crippen molar-refractivity contribution < 1.29 is 14.4 Å². The van der Waals surface area contributed by atoms with E-state index in [0.717, 1.165) is 16.9 Å². The summed E-state index contributed by atoms with van der Waals surface area (Å²) in [6.45, 7) is 5.41. The minimum atomic E-state index is -0.317. The Hall–Kier alpha value is -2.74. The number of hydrogen-bond donors (Lipinski definition) is 1. The lowest BCUT2D eigenvalue weighted by Crippen LogP contribution is -2.44. The second kappa shape index (κ2) is 8.55. The summed E-state index contributed by atoms with van der Waals surface area (Å²) in [5.41, 5.74) is 2.87. The van der Waals surface area contributed by atoms with Crippen LogP contribution in [0, 0.1) is 25.7 Å². The minimum absolute atomic E-state index is 0.00907. The molecular weight excluding hydrogens is 400 g/mol. The fourth-order valence-electron chi connectivity index (χ4n) is 4.09. The fraction of sp³-hybridized carbons (Fsp3) is 0.455. The van der Waals surface area contributed by atoms with Crippen molar-refractivity contribution in [2.24, 2.45) is 11.8 Å². The number of hydrogen-bond acceptors (Lipinski definition) is 5. The molecule has 2 aliphatic rings. The van der Waals surface area contributed by atoms with E-state index in [1.165, 1.54) is 11.3 Å². The van der Waals surface area contributed by atoms with Gasteiger partial charge in [0, 0.05) is 43.0 Å². The van der Waals surface area contributed by atoms with Crippen LogP contribution in [-0.2, 0) is 14.4 Å². The predicted octanol–water partition coefficient (Wildman–Crippen LogP) is 2.99. The molecule has 4 rings (SSSR count). The van der Waals surface area contributed by atoms with Crippen molar-refractivity contribution >= 4 is 39.9 Å². The zero-order chi connectivity index (χ0) is 21.3. The zero-order valence-electron chi connectivity index (χ0n) is 17.3. The van der Waals surface area contributed by atoms with Crippen LogP contribution in [0.4, 0.5) is 10.8 Å². The molecule has 1 aromatic carbocycles. The van der Waals surface area contributed by atoms with Crippen LogP contribution in [-0.4, -0.2) is 47.2 Å². The van der Waals surface area contributed by atoms with E-state index in [-0.39, 0.29) is 36.0 Å². The normalized spacial score (nSPS) is 19.9. The largest absolute Gasteiger partial charge is 0.342 e. The number of nitrogens with one attached hydrogen (secondary N) is 1. The summed E-state index contributed by atoms with van der Waals surface area (Å²) in [5.74, 6) is -0.453. The van der Waals surface area contributed by atoms with Crippen molar-refractivity contribution in [3.8, 4) is 0 Å². The van der Waals surface area contributed by atoms with E-state index in [1.54, 1.807) is 4.90 Å². The van der Waals surface area contributed by atoms with Crippen molar-refractivity contribution in [3.63, 3.8) is 0 Å². The summed E-state index contributed by atoms with van der Waals surface area (Å²) in [6, 6.07) is 7.80. The first-order chi connectivity index (χ1) is 14.4. The highest BCUT2D eigenvalue weighted by molar-refractivity contribution is 7.13. The average Bonchev–Trinajstić information content (AvgIpc) is 3.33. The Labute approximate surface area is 180 Å². The monoisotopic (exact) mass is 426 g/mol. The van der Waals surface area contributed by atoms with Crippen molar-refractivity contribution in [2.45, 2.75) is 33.1 Å². The molecule has 1 N–H and O–H groups in total. The van der Waals surface area contributed by atoms with Gasteiger partial charge in [-0.25, -0.2) is 4.98 Å². The molecule has 1 unspecified atom stereocenters. The summed E-state index contributed by atoms with van der Waals surface area (Å²) in [5, 5.41) is 5.40. The molecule has 158 valence electrons. The smallest absolute Gasteiger partial charge is 0.229 e. The first-order valence-electron chi connectivity index (χ1n) is 10.3. The number of aryl methyl sites for hydroxylation is 2. The third kappa shape index (κ3) is 4.38. The maximum atomic E-state index is 13.0. The van der Waals surface area contributed by atoms with E-state index in [0.29, 0.717) is 37.6 Å². The Kier molecular flexibility index (Phi) is 5.85. The standard InChI is InChI=1S/C22H26N4O3S/c1-14-3-5-18(6-4-14)26-12-17(11-19(26)27)21(29)25-9-7-16(8-10-25)20(28)24-22-23-15(2)13-30-22/h3-6,13,16-17H,7-12H2,1-2H3,(H,23,24,28). The predicted molar refractivity (Wildman–Crippen MR) is 116 cm³/mol. The van der Waals surface area contributed by atoms with Crippen LogP contribution in [0.15, 0.2) is 29.6 Å². The molecule has 0 radical (unpaired) electrons. The molecule has 0 spiro atoms. The fourth-order valence-corrected chi connectivity index (χ4v) is 4.78. The first kappa shape index (κ1) is 20.5. The number of thiazole rings is 1. The van der Waals surface area contributed by atoms with E-state index < -0.39 is 0 Å². The number of anilines is 2. The molecule has 3 amide bonds. The van der Waals surface area contributed by atoms with Gasteiger partial charge in [-0.1, -0.05) is 17.7 Å². The summed E-state index contributed by atoms with van der Waals surface area (Å²) in [4.78, 5) is 45.7. The maximum Gasteiger partial charge on any atom is 0.229 e. The van der Waals surface area contributed by atoms with Gasteiger partial charge in [-0.3, -0.25) is 14.4 Å². The number of aromatic nitrogens is 1. The number of nitrogens with zero attached hydrogens (tertiary/aromatic N) is 3. The first-order valence-corrected chi connectivity index (χ1v) is 11.2. The van der Waals surface area contributed by atoms with Gasteiger partial charge in [0.05, 0.1) is 11.6 Å². The summed E-state index contributed by atoms with van der Waals surface area (Å²) in [6.07, 6.45) is 1.51. The van der Waals surface area contributed by atoms with Gasteiger partial charge in [0.25, 0.3) is 0 Å². The number of benzene rings is 1. The minimum Gasteiger partial charge on any atom is -0.342 e. The van der Waals surface area contributed by atoms with Gasteiger partial charge in [-0.05, 0) is 38.8 Å². The maximum absolute atomic E-state index is 13.0. The number of likely N-dealkylation sites (tertiary alicyclic amines) is 1. The Morgan fingerprint density at radius 2 is 1.80 bits per heavy atom. The average molecular weight is 427 g/mol. The quantitative estimate of drug-likeness (QED) is 0.815. The molecule has 0 saturated carbocycles. The molecule has 2 fully saturated rings. The van der Waals surface area contributed by atoms with Crippen LogP contribution in [0.5, 0.6) is 0 Å². The van der Waals surface area contributed by atoms with E-state index in [1.807, 2.05) is 48.4 Å². The Bertz CT molecular complexity index is 948. The second-order valence-corrected chi connectivity index (χ2v) is 8.98. The summed E-state index contributed by atoms with van der Waals surface area (Å²) >= 11 is 1.42. The zero-order valence-corrected chi connectivity index (χ0v) is 18.1. The highest BCUT2D eigenvalue weighted by Crippen LogP contribution is 2.28. The van der Waals surface area contributed by atoms with Gasteiger partial charge in [-0.2, -0.15) is 0 Å². The number of piperidine rings is 1. The molecule has 30 heavy (non-hydrogen) atoms. The Morgan fingerprint density at radius 1 is 1.10 bits per heavy atom. The molecule has 0 bridgehead atoms. The molecule has 2 aliphatic heterocycles. The van der Waals surface area contributed by atoms with Gasteiger partial charge in [0.2, 0.25) is 17.7 Å². The van der Waals surface area contributed by atoms with Crippen molar-refractivity contribution in [2.75, 3.05) is 29.9 Å². The van der Waals surface area contributed by atoms with E-state index >= 15 is 0 Å². The van der Waals surface area contributed by atoms with Crippen LogP contribution in [0.25, 0.3) is 0 Å². The topological polar surface area (TPSA) is 82.6 Å². The third-order valence-electron chi connectivity index (χ3n) is 5.85. The van der Waals surface area contributed by atoms with Crippen LogP contribution >= 0.6 is 11.3 Å². The number of amides is 3. The highest BCUT2D eigenvalue weighted by atomic mass is 32.1. The number of carbonyl (C=O) groups excluding carboxylic acids is 3. The SMILES string of the molecule is Cc1ccc(N2CC(C(=O)N3CCC(C(=O)Nc4nc(C)cs4)CC3)CC2=O)cc1. The molecule has 2 aromatic rings. The second-order valence-electron chi connectivity index (χ2n) is 8.12. The Balaban J connectivity index is 1.30. The van der Waals surface area contributed by atoms with E-state index in [4.69, 9.17) is 0 Å². The van der Waals surface area contributed by atoms with Gasteiger partial charge in [0.1, 0.15) is 0 Å². The van der Waals surface area contributed by atoms with Gasteiger partial charge < -0.3 is 15.1 Å². The molecule has 0 aliphatic carbocycles. The van der Waals surface area contributed by atoms with Gasteiger partial charge >= 0.3 is 0 Å². The van der Waals surface area contributed by atoms with Crippen LogP contribution < -0.4 is 10.2 Å². The summed E-state index contributed by atoms with van der Waals surface area (Å²) < 4.78 is 0. The molecule has 7 nitrogen and oxygen atoms in total. The molecule has 1 atom stereocenters. The Morgan fingerprint density at radius 3 is 2.43 bits per heavy atom. The lowest BCUT2D eigenvalue weighted by Gasteiger charge is -2.32. The molecule has 3 heterocycles. The highest BCUT2D eigenvalue weighted by Gasteiger charge is 2.38. The summed E-state index contributed by atoms with van der Waals surface area (Å²) in [7, 11) is 0. The number of carbonyl (C=O) groups is 3. The van der Waals surface area contributed by atoms with Crippen molar-refractivity contribution in [3.05, 3.63) is 40.9 Å². The molecule has 1 aromatic heterocycles. The number of rotatable bonds is 4. The van der Waals surface area contributed by atoms with Crippen LogP contribution in [0.3, 0.4) is 0 Å². The van der Waals surface area contributed by atoms with Crippen LogP contribution in [0.2, 0.25) is 0 Å². The third-order valence-corrected chi connectivity index (χ3v) is 6.72. The van der Waals surface area contributed by atoms with E-state index in [9.17, 15) is 14.4 Å². The van der Waals surface area contributed by atoms with Gasteiger partial charge in [-0.15, -0.1) is 11.3 Å². The van der Waals surface area contributed by atoms with Crippen molar-refractivity contribution in [1.82, 2.24) is 9.88 Å². The lowest BCUT2D eigenvalue weighted by molar-refractivity contribution is -0.138.